The molecule has 54 valence electrons. The fraction of sp³-hybridized carbons (Fsp3) is 0.714. The third-order valence-corrected chi connectivity index (χ3v) is 1.27. The lowest BCUT2D eigenvalue weighted by atomic mass is 10.1. The van der Waals surface area contributed by atoms with Gasteiger partial charge in [-0.3, -0.25) is 0 Å². The summed E-state index contributed by atoms with van der Waals surface area (Å²) in [5.74, 6) is 0. The van der Waals surface area contributed by atoms with Crippen LogP contribution in [0.1, 0.15) is 19.8 Å². The van der Waals surface area contributed by atoms with Crippen LogP contribution in [0.25, 0.3) is 0 Å². The summed E-state index contributed by atoms with van der Waals surface area (Å²) >= 11 is 0. The molecule has 0 aliphatic rings. The number of aliphatic hydroxyl groups is 2. The van der Waals surface area contributed by atoms with E-state index >= 15 is 0 Å². The van der Waals surface area contributed by atoms with Crippen LogP contribution in [0.2, 0.25) is 0 Å². The van der Waals surface area contributed by atoms with Gasteiger partial charge in [0.1, 0.15) is 0 Å². The van der Waals surface area contributed by atoms with Crippen LogP contribution in [0.5, 0.6) is 0 Å². The minimum Gasteiger partial charge on any atom is -0.396 e. The topological polar surface area (TPSA) is 40.5 Å². The van der Waals surface area contributed by atoms with E-state index in [2.05, 4.69) is 0 Å². The summed E-state index contributed by atoms with van der Waals surface area (Å²) in [6, 6.07) is 0. The molecule has 0 fully saturated rings. The zero-order valence-electron chi connectivity index (χ0n) is 5.80. The molecular weight excluding hydrogens is 116 g/mol. The average molecular weight is 130 g/mol. The van der Waals surface area contributed by atoms with Crippen molar-refractivity contribution in [3.8, 4) is 0 Å². The number of hydrogen-bond donors (Lipinski definition) is 2. The molecule has 2 N–H and O–H groups in total. The molecule has 2 nitrogen and oxygen atoms in total. The van der Waals surface area contributed by atoms with Gasteiger partial charge in [0.25, 0.3) is 0 Å². The monoisotopic (exact) mass is 130 g/mol. The molecule has 0 spiro atoms. The van der Waals surface area contributed by atoms with Crippen molar-refractivity contribution in [3.05, 3.63) is 11.6 Å². The van der Waals surface area contributed by atoms with Gasteiger partial charge in [0, 0.05) is 6.61 Å². The van der Waals surface area contributed by atoms with Gasteiger partial charge in [-0.15, -0.1) is 0 Å². The first kappa shape index (κ1) is 8.66. The highest BCUT2D eigenvalue weighted by atomic mass is 16.3. The highest BCUT2D eigenvalue weighted by molar-refractivity contribution is 4.99. The molecule has 2 heteroatoms. The SMILES string of the molecule is C/C=C(/CO)CCCO. The highest BCUT2D eigenvalue weighted by Gasteiger charge is 1.91. The summed E-state index contributed by atoms with van der Waals surface area (Å²) in [6.07, 6.45) is 3.44. The molecule has 0 saturated carbocycles. The number of rotatable bonds is 4. The van der Waals surface area contributed by atoms with E-state index in [1.807, 2.05) is 13.0 Å². The Labute approximate surface area is 55.8 Å². The van der Waals surface area contributed by atoms with Crippen molar-refractivity contribution < 1.29 is 10.2 Å². The normalized spacial score (nSPS) is 12.1. The van der Waals surface area contributed by atoms with Gasteiger partial charge >= 0.3 is 0 Å². The standard InChI is InChI=1S/C7H14O2/c1-2-7(6-9)4-3-5-8/h2,8-9H,3-6H2,1H3/b7-2+. The molecule has 0 aromatic heterocycles. The third-order valence-electron chi connectivity index (χ3n) is 1.27. The molecule has 0 saturated heterocycles. The maximum Gasteiger partial charge on any atom is 0.0641 e. The van der Waals surface area contributed by atoms with Crippen LogP contribution in [0.3, 0.4) is 0 Å². The van der Waals surface area contributed by atoms with Gasteiger partial charge < -0.3 is 10.2 Å². The summed E-state index contributed by atoms with van der Waals surface area (Å²) in [4.78, 5) is 0. The number of allylic oxidation sites excluding steroid dienone is 1. The van der Waals surface area contributed by atoms with Crippen molar-refractivity contribution in [1.29, 1.82) is 0 Å². The maximum absolute atomic E-state index is 8.60. The minimum absolute atomic E-state index is 0.122. The molecule has 0 atom stereocenters. The van der Waals surface area contributed by atoms with Crippen molar-refractivity contribution in [2.75, 3.05) is 13.2 Å². The van der Waals surface area contributed by atoms with E-state index < -0.39 is 0 Å². The van der Waals surface area contributed by atoms with Crippen LogP contribution in [0, 0.1) is 0 Å². The second kappa shape index (κ2) is 5.79. The smallest absolute Gasteiger partial charge is 0.0641 e. The molecule has 0 aliphatic carbocycles. The lowest BCUT2D eigenvalue weighted by Gasteiger charge is -1.98. The van der Waals surface area contributed by atoms with Gasteiger partial charge in [0.15, 0.2) is 0 Å². The summed E-state index contributed by atoms with van der Waals surface area (Å²) in [5.41, 5.74) is 1.00. The Kier molecular flexibility index (Phi) is 5.57. The lowest BCUT2D eigenvalue weighted by Crippen LogP contribution is -1.91. The summed E-state index contributed by atoms with van der Waals surface area (Å²) in [6.45, 7) is 2.22. The zero-order chi connectivity index (χ0) is 7.11. The summed E-state index contributed by atoms with van der Waals surface area (Å²) < 4.78 is 0. The van der Waals surface area contributed by atoms with Crippen LogP contribution in [0.15, 0.2) is 11.6 Å². The van der Waals surface area contributed by atoms with Crippen LogP contribution in [-0.2, 0) is 0 Å². The Hall–Kier alpha value is -0.340. The summed E-state index contributed by atoms with van der Waals surface area (Å²) in [7, 11) is 0. The Balaban J connectivity index is 3.33. The van der Waals surface area contributed by atoms with Crippen LogP contribution in [-0.4, -0.2) is 23.4 Å². The second-order valence-corrected chi connectivity index (χ2v) is 1.93. The van der Waals surface area contributed by atoms with E-state index in [4.69, 9.17) is 10.2 Å². The van der Waals surface area contributed by atoms with E-state index in [0.717, 1.165) is 18.4 Å². The molecular formula is C7H14O2. The molecule has 0 aromatic carbocycles. The van der Waals surface area contributed by atoms with Crippen molar-refractivity contribution in [2.45, 2.75) is 19.8 Å². The number of aliphatic hydroxyl groups excluding tert-OH is 2. The molecule has 0 heterocycles. The molecule has 0 radical (unpaired) electrons. The van der Waals surface area contributed by atoms with Crippen molar-refractivity contribution in [3.63, 3.8) is 0 Å². The molecule has 0 amide bonds. The molecule has 0 aliphatic heterocycles. The Bertz CT molecular complexity index is 86.9. The second-order valence-electron chi connectivity index (χ2n) is 1.93. The van der Waals surface area contributed by atoms with Crippen molar-refractivity contribution in [2.24, 2.45) is 0 Å². The maximum atomic E-state index is 8.60. The van der Waals surface area contributed by atoms with Crippen LogP contribution < -0.4 is 0 Å². The van der Waals surface area contributed by atoms with E-state index in [1.165, 1.54) is 0 Å². The summed E-state index contributed by atoms with van der Waals surface area (Å²) in [5, 5.41) is 17.0. The molecule has 0 bridgehead atoms. The fourth-order valence-electron chi connectivity index (χ4n) is 0.621. The molecule has 9 heavy (non-hydrogen) atoms. The van der Waals surface area contributed by atoms with Gasteiger partial charge in [0.2, 0.25) is 0 Å². The van der Waals surface area contributed by atoms with Crippen molar-refractivity contribution in [1.82, 2.24) is 0 Å². The van der Waals surface area contributed by atoms with Gasteiger partial charge in [-0.2, -0.15) is 0 Å². The van der Waals surface area contributed by atoms with Gasteiger partial charge in [-0.1, -0.05) is 6.08 Å². The highest BCUT2D eigenvalue weighted by Crippen LogP contribution is 2.01. The first-order valence-electron chi connectivity index (χ1n) is 3.21. The van der Waals surface area contributed by atoms with Gasteiger partial charge in [0.05, 0.1) is 6.61 Å². The van der Waals surface area contributed by atoms with Gasteiger partial charge in [-0.25, -0.2) is 0 Å². The Morgan fingerprint density at radius 2 is 2.11 bits per heavy atom. The van der Waals surface area contributed by atoms with E-state index in [0.29, 0.717) is 0 Å². The van der Waals surface area contributed by atoms with Crippen LogP contribution >= 0.6 is 0 Å². The minimum atomic E-state index is 0.122. The van der Waals surface area contributed by atoms with E-state index in [-0.39, 0.29) is 13.2 Å². The van der Waals surface area contributed by atoms with Gasteiger partial charge in [-0.05, 0) is 25.3 Å². The quantitative estimate of drug-likeness (QED) is 0.550. The third kappa shape index (κ3) is 4.18. The van der Waals surface area contributed by atoms with E-state index in [9.17, 15) is 0 Å². The average Bonchev–Trinajstić information content (AvgIpc) is 1.91. The lowest BCUT2D eigenvalue weighted by molar-refractivity contribution is 0.281. The molecule has 0 aromatic rings. The molecule has 0 rings (SSSR count). The largest absolute Gasteiger partial charge is 0.396 e. The molecule has 0 unspecified atom stereocenters. The first-order valence-corrected chi connectivity index (χ1v) is 3.21. The Morgan fingerprint density at radius 1 is 1.44 bits per heavy atom. The fourth-order valence-corrected chi connectivity index (χ4v) is 0.621. The van der Waals surface area contributed by atoms with Crippen LogP contribution in [0.4, 0.5) is 0 Å². The predicted octanol–water partition coefficient (Wildman–Crippen LogP) is 0.698. The zero-order valence-corrected chi connectivity index (χ0v) is 5.80. The number of hydrogen-bond acceptors (Lipinski definition) is 2. The predicted molar refractivity (Wildman–Crippen MR) is 37.2 cm³/mol. The first-order chi connectivity index (χ1) is 4.35. The van der Waals surface area contributed by atoms with E-state index in [1.54, 1.807) is 0 Å². The Morgan fingerprint density at radius 3 is 2.44 bits per heavy atom. The van der Waals surface area contributed by atoms with Crippen molar-refractivity contribution >= 4 is 0 Å².